The monoisotopic (exact) mass is 600 g/mol. The molecular weight excluding hydrogens is 564 g/mol. The zero-order chi connectivity index (χ0) is 30.2. The molecule has 0 radical (unpaired) electrons. The second-order valence-electron chi connectivity index (χ2n) is 11.9. The molecule has 0 unspecified atom stereocenters. The van der Waals surface area contributed by atoms with E-state index < -0.39 is 10.0 Å². The van der Waals surface area contributed by atoms with Crippen LogP contribution in [0.5, 0.6) is 0 Å². The number of aromatic nitrogens is 1. The van der Waals surface area contributed by atoms with E-state index in [9.17, 15) is 13.2 Å². The highest BCUT2D eigenvalue weighted by atomic mass is 32.2. The highest BCUT2D eigenvalue weighted by molar-refractivity contribution is 7.92. The van der Waals surface area contributed by atoms with Crippen LogP contribution in [0.4, 0.5) is 5.69 Å². The number of morpholine rings is 1. The number of nitrogens with zero attached hydrogens (tertiary/aromatic N) is 1. The van der Waals surface area contributed by atoms with Crippen LogP contribution in [0.1, 0.15) is 36.8 Å². The van der Waals surface area contributed by atoms with E-state index in [0.29, 0.717) is 58.9 Å². The number of H-pyrrole nitrogens is 1. The number of rotatable bonds is 8. The number of benzene rings is 3. The minimum Gasteiger partial charge on any atom is -0.456 e. The topological polar surface area (TPSA) is 117 Å². The fourth-order valence-electron chi connectivity index (χ4n) is 5.38. The van der Waals surface area contributed by atoms with Crippen molar-refractivity contribution in [1.29, 1.82) is 0 Å². The van der Waals surface area contributed by atoms with Crippen molar-refractivity contribution in [3.8, 4) is 11.3 Å². The maximum Gasteiger partial charge on any atom is 0.268 e. The second kappa shape index (κ2) is 11.5. The summed E-state index contributed by atoms with van der Waals surface area (Å²) in [6.07, 6.45) is 0. The van der Waals surface area contributed by atoms with Crippen LogP contribution in [0.3, 0.4) is 0 Å². The highest BCUT2D eigenvalue weighted by Crippen LogP contribution is 2.37. The molecule has 0 aliphatic carbocycles. The average Bonchev–Trinajstić information content (AvgIpc) is 3.58. The SMILES string of the molecule is CC(C)(C)c1ccc(S(=O)(=O)Nc2ccc3[nH]c(C(=O)NCCN4CCOCC4)c(-c4cc5ccccc5o4)c3c2)cc1. The Morgan fingerprint density at radius 2 is 1.72 bits per heavy atom. The molecule has 1 amide bonds. The summed E-state index contributed by atoms with van der Waals surface area (Å²) < 4.78 is 41.0. The van der Waals surface area contributed by atoms with Gasteiger partial charge in [-0.05, 0) is 53.4 Å². The lowest BCUT2D eigenvalue weighted by molar-refractivity contribution is 0.0383. The van der Waals surface area contributed by atoms with Gasteiger partial charge in [-0.25, -0.2) is 8.42 Å². The van der Waals surface area contributed by atoms with Gasteiger partial charge in [-0.1, -0.05) is 51.1 Å². The average molecular weight is 601 g/mol. The van der Waals surface area contributed by atoms with E-state index in [1.807, 2.05) is 42.5 Å². The van der Waals surface area contributed by atoms with Crippen molar-refractivity contribution in [2.45, 2.75) is 31.1 Å². The molecule has 224 valence electrons. The number of hydrogen-bond acceptors (Lipinski definition) is 6. The number of hydrogen-bond donors (Lipinski definition) is 3. The summed E-state index contributed by atoms with van der Waals surface area (Å²) in [5.74, 6) is 0.254. The first-order chi connectivity index (χ1) is 20.6. The number of ether oxygens (including phenoxy) is 1. The van der Waals surface area contributed by atoms with E-state index in [4.69, 9.17) is 9.15 Å². The van der Waals surface area contributed by atoms with Crippen molar-refractivity contribution in [3.63, 3.8) is 0 Å². The molecule has 0 spiro atoms. The van der Waals surface area contributed by atoms with Crippen LogP contribution in [0, 0.1) is 0 Å². The van der Waals surface area contributed by atoms with Crippen LogP contribution in [-0.4, -0.2) is 63.6 Å². The van der Waals surface area contributed by atoms with Crippen molar-refractivity contribution in [3.05, 3.63) is 84.1 Å². The largest absolute Gasteiger partial charge is 0.456 e. The molecule has 3 aromatic carbocycles. The molecule has 1 aliphatic heterocycles. The number of para-hydroxylation sites is 1. The fourth-order valence-corrected chi connectivity index (χ4v) is 6.43. The van der Waals surface area contributed by atoms with Gasteiger partial charge in [0.2, 0.25) is 0 Å². The number of carbonyl (C=O) groups excluding carboxylic acids is 1. The van der Waals surface area contributed by atoms with Crippen LogP contribution in [0.15, 0.2) is 82.1 Å². The van der Waals surface area contributed by atoms with E-state index in [2.05, 4.69) is 40.7 Å². The first-order valence-electron chi connectivity index (χ1n) is 14.4. The molecule has 3 heterocycles. The van der Waals surface area contributed by atoms with Gasteiger partial charge in [-0.15, -0.1) is 0 Å². The zero-order valence-corrected chi connectivity index (χ0v) is 25.4. The van der Waals surface area contributed by atoms with Gasteiger partial charge < -0.3 is 19.5 Å². The number of nitrogens with one attached hydrogen (secondary N) is 3. The van der Waals surface area contributed by atoms with E-state index in [1.54, 1.807) is 30.3 Å². The van der Waals surface area contributed by atoms with Gasteiger partial charge in [0.25, 0.3) is 15.9 Å². The lowest BCUT2D eigenvalue weighted by atomic mass is 9.87. The first kappa shape index (κ1) is 29.0. The summed E-state index contributed by atoms with van der Waals surface area (Å²) in [5, 5.41) is 4.61. The van der Waals surface area contributed by atoms with Gasteiger partial charge in [0.05, 0.1) is 23.7 Å². The Labute approximate surface area is 251 Å². The van der Waals surface area contributed by atoms with Gasteiger partial charge in [-0.3, -0.25) is 14.4 Å². The summed E-state index contributed by atoms with van der Waals surface area (Å²) in [4.78, 5) is 19.2. The number of aromatic amines is 1. The predicted octanol–water partition coefficient (Wildman–Crippen LogP) is 5.74. The Bertz CT molecular complexity index is 1850. The third-order valence-electron chi connectivity index (χ3n) is 7.80. The van der Waals surface area contributed by atoms with Crippen LogP contribution in [0.2, 0.25) is 0 Å². The molecule has 5 aromatic rings. The maximum atomic E-state index is 13.5. The smallest absolute Gasteiger partial charge is 0.268 e. The van der Waals surface area contributed by atoms with Crippen molar-refractivity contribution < 1.29 is 22.4 Å². The van der Waals surface area contributed by atoms with Crippen molar-refractivity contribution >= 4 is 43.5 Å². The maximum absolute atomic E-state index is 13.5. The minimum absolute atomic E-state index is 0.0887. The predicted molar refractivity (Wildman–Crippen MR) is 169 cm³/mol. The van der Waals surface area contributed by atoms with Crippen LogP contribution in [-0.2, 0) is 20.2 Å². The molecule has 1 fully saturated rings. The minimum atomic E-state index is -3.85. The van der Waals surface area contributed by atoms with Crippen molar-refractivity contribution in [1.82, 2.24) is 15.2 Å². The molecule has 2 aromatic heterocycles. The molecule has 43 heavy (non-hydrogen) atoms. The van der Waals surface area contributed by atoms with E-state index in [1.165, 1.54) is 0 Å². The summed E-state index contributed by atoms with van der Waals surface area (Å²) in [7, 11) is -3.85. The molecular formula is C33H36N4O5S. The number of anilines is 1. The van der Waals surface area contributed by atoms with Gasteiger partial charge in [-0.2, -0.15) is 0 Å². The Morgan fingerprint density at radius 1 is 0.977 bits per heavy atom. The van der Waals surface area contributed by atoms with Gasteiger partial charge >= 0.3 is 0 Å². The molecule has 10 heteroatoms. The third-order valence-corrected chi connectivity index (χ3v) is 9.19. The summed E-state index contributed by atoms with van der Waals surface area (Å²) in [5.41, 5.74) is 3.65. The molecule has 9 nitrogen and oxygen atoms in total. The summed E-state index contributed by atoms with van der Waals surface area (Å²) in [6, 6.07) is 21.7. The van der Waals surface area contributed by atoms with Crippen LogP contribution >= 0.6 is 0 Å². The Morgan fingerprint density at radius 3 is 2.44 bits per heavy atom. The fraction of sp³-hybridized carbons (Fsp3) is 0.303. The second-order valence-corrected chi connectivity index (χ2v) is 13.6. The summed E-state index contributed by atoms with van der Waals surface area (Å²) in [6.45, 7) is 10.5. The molecule has 1 saturated heterocycles. The lowest BCUT2D eigenvalue weighted by Gasteiger charge is -2.26. The van der Waals surface area contributed by atoms with Crippen molar-refractivity contribution in [2.75, 3.05) is 44.1 Å². The molecule has 0 atom stereocenters. The zero-order valence-electron chi connectivity index (χ0n) is 24.6. The first-order valence-corrected chi connectivity index (χ1v) is 15.9. The van der Waals surface area contributed by atoms with E-state index >= 15 is 0 Å². The Balaban J connectivity index is 1.33. The van der Waals surface area contributed by atoms with Crippen LogP contribution < -0.4 is 10.0 Å². The number of furan rings is 1. The summed E-state index contributed by atoms with van der Waals surface area (Å²) >= 11 is 0. The van der Waals surface area contributed by atoms with E-state index in [0.717, 1.165) is 30.6 Å². The molecule has 0 bridgehead atoms. The third kappa shape index (κ3) is 6.17. The number of carbonyl (C=O) groups is 1. The number of fused-ring (bicyclic) bond motifs is 2. The van der Waals surface area contributed by atoms with Crippen LogP contribution in [0.25, 0.3) is 33.2 Å². The Kier molecular flexibility index (Phi) is 7.76. The standard InChI is InChI=1S/C33H36N4O5S/c1-33(2,3)23-8-11-25(12-9-23)43(39,40)36-24-10-13-27-26(21-24)30(29-20-22-6-4-5-7-28(22)42-29)31(35-27)32(38)34-14-15-37-16-18-41-19-17-37/h4-13,20-21,35-36H,14-19H2,1-3H3,(H,34,38). The molecule has 6 rings (SSSR count). The lowest BCUT2D eigenvalue weighted by Crippen LogP contribution is -2.41. The van der Waals surface area contributed by atoms with Gasteiger partial charge in [0, 0.05) is 48.2 Å². The van der Waals surface area contributed by atoms with Gasteiger partial charge in [0.1, 0.15) is 17.0 Å². The van der Waals surface area contributed by atoms with Gasteiger partial charge in [0.15, 0.2) is 0 Å². The molecule has 3 N–H and O–H groups in total. The number of sulfonamides is 1. The Hall–Kier alpha value is -4.12. The quantitative estimate of drug-likeness (QED) is 0.209. The number of amides is 1. The highest BCUT2D eigenvalue weighted by Gasteiger charge is 2.24. The molecule has 1 aliphatic rings. The molecule has 0 saturated carbocycles. The van der Waals surface area contributed by atoms with Crippen molar-refractivity contribution in [2.24, 2.45) is 0 Å². The van der Waals surface area contributed by atoms with E-state index in [-0.39, 0.29) is 16.2 Å². The normalized spacial score (nSPS) is 14.8.